The monoisotopic (exact) mass is 805 g/mol. The number of benzene rings is 4. The van der Waals surface area contributed by atoms with E-state index in [2.05, 4.69) is 21.9 Å². The molecule has 1 atom stereocenters. The van der Waals surface area contributed by atoms with Gasteiger partial charge in [0.25, 0.3) is 0 Å². The first kappa shape index (κ1) is 42.2. The summed E-state index contributed by atoms with van der Waals surface area (Å²) in [6.07, 6.45) is 4.94. The molecule has 11 nitrogen and oxygen atoms in total. The summed E-state index contributed by atoms with van der Waals surface area (Å²) in [5, 5.41) is 0. The highest BCUT2D eigenvalue weighted by molar-refractivity contribution is 7.90. The minimum Gasteiger partial charge on any atom is -0.491 e. The van der Waals surface area contributed by atoms with Crippen molar-refractivity contribution in [2.75, 3.05) is 63.5 Å². The maximum absolute atomic E-state index is 14.8. The number of ether oxygens (including phenoxy) is 1. The number of sulfone groups is 1. The van der Waals surface area contributed by atoms with Crippen LogP contribution in [0.1, 0.15) is 43.0 Å². The van der Waals surface area contributed by atoms with Crippen LogP contribution in [0.15, 0.2) is 114 Å². The van der Waals surface area contributed by atoms with Gasteiger partial charge in [-0.3, -0.25) is 19.3 Å². The van der Waals surface area contributed by atoms with Crippen molar-refractivity contribution >= 4 is 39.3 Å². The Morgan fingerprint density at radius 1 is 0.724 bits per heavy atom. The summed E-state index contributed by atoms with van der Waals surface area (Å²) in [6, 6.07) is 31.8. The molecule has 306 valence electrons. The van der Waals surface area contributed by atoms with Crippen LogP contribution in [0.25, 0.3) is 6.08 Å². The van der Waals surface area contributed by atoms with Crippen molar-refractivity contribution in [3.63, 3.8) is 0 Å². The molecule has 6 rings (SSSR count). The fourth-order valence-corrected chi connectivity index (χ4v) is 8.06. The van der Waals surface area contributed by atoms with Crippen LogP contribution in [-0.4, -0.2) is 116 Å². The van der Waals surface area contributed by atoms with E-state index in [4.69, 9.17) is 4.74 Å². The summed E-state index contributed by atoms with van der Waals surface area (Å²) >= 11 is 0. The third-order valence-electron chi connectivity index (χ3n) is 10.7. The van der Waals surface area contributed by atoms with E-state index >= 15 is 0 Å². The number of nitrogens with zero attached hydrogens (tertiary/aromatic N) is 5. The van der Waals surface area contributed by atoms with Crippen molar-refractivity contribution in [1.29, 1.82) is 0 Å². The van der Waals surface area contributed by atoms with Crippen molar-refractivity contribution in [3.8, 4) is 5.75 Å². The second-order valence-corrected chi connectivity index (χ2v) is 17.4. The third kappa shape index (κ3) is 11.6. The normalized spacial score (nSPS) is 15.8. The molecule has 3 amide bonds. The van der Waals surface area contributed by atoms with Crippen LogP contribution in [0.5, 0.6) is 5.75 Å². The summed E-state index contributed by atoms with van der Waals surface area (Å²) in [4.78, 5) is 51.3. The minimum absolute atomic E-state index is 0.0470. The van der Waals surface area contributed by atoms with Crippen LogP contribution in [0.2, 0.25) is 0 Å². The zero-order chi connectivity index (χ0) is 41.2. The van der Waals surface area contributed by atoms with E-state index in [1.807, 2.05) is 103 Å². The molecule has 0 saturated carbocycles. The van der Waals surface area contributed by atoms with Gasteiger partial charge in [-0.15, -0.1) is 0 Å². The second kappa shape index (κ2) is 19.3. The molecule has 2 heterocycles. The Kier molecular flexibility index (Phi) is 14.0. The topological polar surface area (TPSA) is 111 Å². The zero-order valence-electron chi connectivity index (χ0n) is 34.0. The molecule has 0 unspecified atom stereocenters. The summed E-state index contributed by atoms with van der Waals surface area (Å²) < 4.78 is 29.7. The molecule has 4 aromatic carbocycles. The lowest BCUT2D eigenvalue weighted by molar-refractivity contribution is -0.145. The van der Waals surface area contributed by atoms with Crippen molar-refractivity contribution in [3.05, 3.63) is 131 Å². The molecule has 0 aromatic heterocycles. The number of rotatable bonds is 14. The van der Waals surface area contributed by atoms with E-state index in [1.165, 1.54) is 6.26 Å². The van der Waals surface area contributed by atoms with Gasteiger partial charge in [0.05, 0.1) is 11.0 Å². The van der Waals surface area contributed by atoms with Gasteiger partial charge in [-0.2, -0.15) is 0 Å². The molecular formula is C46H55N5O6S. The standard InChI is InChI=1S/C46H55N5O6S/c1-35(2)57-42-19-12-37(13-20-42)16-23-45(53)51(34-40-10-17-41(18-11-40)49-30-28-48(29-31-49)36(3)52)44(32-38-8-6-5-7-9-38)46(54)50-26-24-47(25-27-50)33-39-14-21-43(22-15-39)58(4,55)56/h5-23,35,44H,24-34H2,1-4H3/t44-/m0/s1. The summed E-state index contributed by atoms with van der Waals surface area (Å²) in [7, 11) is -3.28. The second-order valence-electron chi connectivity index (χ2n) is 15.4. The predicted molar refractivity (Wildman–Crippen MR) is 228 cm³/mol. The van der Waals surface area contributed by atoms with Gasteiger partial charge in [-0.05, 0) is 78.6 Å². The van der Waals surface area contributed by atoms with Crippen LogP contribution in [0, 0.1) is 0 Å². The SMILES string of the molecule is CC(=O)N1CCN(c2ccc(CN(C(=O)C=Cc3ccc(OC(C)C)cc3)[C@@H](Cc3ccccc3)C(=O)N3CCN(Cc4ccc(S(C)(=O)=O)cc4)CC3)cc2)CC1. The van der Waals surface area contributed by atoms with Crippen LogP contribution >= 0.6 is 0 Å². The highest BCUT2D eigenvalue weighted by Gasteiger charge is 2.34. The van der Waals surface area contributed by atoms with Gasteiger partial charge in [-0.25, -0.2) is 8.42 Å². The molecule has 4 aromatic rings. The molecule has 0 bridgehead atoms. The number of carbonyl (C=O) groups is 3. The third-order valence-corrected chi connectivity index (χ3v) is 11.8. The van der Waals surface area contributed by atoms with Gasteiger partial charge in [0.1, 0.15) is 11.8 Å². The van der Waals surface area contributed by atoms with Gasteiger partial charge in [0, 0.05) is 96.8 Å². The number of hydrogen-bond donors (Lipinski definition) is 0. The number of hydrogen-bond acceptors (Lipinski definition) is 8. The van der Waals surface area contributed by atoms with Crippen LogP contribution < -0.4 is 9.64 Å². The number of amides is 3. The Balaban J connectivity index is 1.23. The average molecular weight is 806 g/mol. The summed E-state index contributed by atoms with van der Waals surface area (Å²) in [5.74, 6) is 0.476. The number of anilines is 1. The molecular weight excluding hydrogens is 751 g/mol. The molecule has 2 aliphatic heterocycles. The Labute approximate surface area is 343 Å². The van der Waals surface area contributed by atoms with Crippen molar-refractivity contribution < 1.29 is 27.5 Å². The van der Waals surface area contributed by atoms with E-state index in [0.29, 0.717) is 57.1 Å². The van der Waals surface area contributed by atoms with Crippen LogP contribution in [0.4, 0.5) is 5.69 Å². The molecule has 2 fully saturated rings. The Morgan fingerprint density at radius 3 is 1.91 bits per heavy atom. The van der Waals surface area contributed by atoms with Gasteiger partial charge in [0.15, 0.2) is 9.84 Å². The molecule has 0 spiro atoms. The Hall–Kier alpha value is -5.46. The first-order valence-corrected chi connectivity index (χ1v) is 21.9. The van der Waals surface area contributed by atoms with Crippen molar-refractivity contribution in [1.82, 2.24) is 19.6 Å². The molecule has 0 aliphatic carbocycles. The van der Waals surface area contributed by atoms with Gasteiger partial charge in [-0.1, -0.05) is 66.7 Å². The maximum atomic E-state index is 14.8. The van der Waals surface area contributed by atoms with E-state index in [9.17, 15) is 22.8 Å². The van der Waals surface area contributed by atoms with Crippen molar-refractivity contribution in [2.45, 2.75) is 57.3 Å². The average Bonchev–Trinajstić information content (AvgIpc) is 3.22. The van der Waals surface area contributed by atoms with E-state index < -0.39 is 15.9 Å². The summed E-state index contributed by atoms with van der Waals surface area (Å²) in [6.45, 7) is 11.6. The van der Waals surface area contributed by atoms with E-state index in [1.54, 1.807) is 36.1 Å². The van der Waals surface area contributed by atoms with Gasteiger partial charge >= 0.3 is 0 Å². The first-order valence-electron chi connectivity index (χ1n) is 20.0. The molecule has 58 heavy (non-hydrogen) atoms. The predicted octanol–water partition coefficient (Wildman–Crippen LogP) is 5.54. The molecule has 0 radical (unpaired) electrons. The highest BCUT2D eigenvalue weighted by Crippen LogP contribution is 2.23. The highest BCUT2D eigenvalue weighted by atomic mass is 32.2. The number of piperazine rings is 2. The van der Waals surface area contributed by atoms with Crippen molar-refractivity contribution in [2.24, 2.45) is 0 Å². The number of carbonyl (C=O) groups excluding carboxylic acids is 3. The van der Waals surface area contributed by atoms with Gasteiger partial charge in [0.2, 0.25) is 17.7 Å². The Bertz CT molecular complexity index is 2130. The molecule has 12 heteroatoms. The van der Waals surface area contributed by atoms with E-state index in [0.717, 1.165) is 46.8 Å². The lowest BCUT2D eigenvalue weighted by Crippen LogP contribution is -2.56. The lowest BCUT2D eigenvalue weighted by atomic mass is 10.0. The summed E-state index contributed by atoms with van der Waals surface area (Å²) in [5.41, 5.74) is 4.76. The fraction of sp³-hybridized carbons (Fsp3) is 0.370. The largest absolute Gasteiger partial charge is 0.491 e. The first-order chi connectivity index (χ1) is 27.8. The maximum Gasteiger partial charge on any atom is 0.247 e. The van der Waals surface area contributed by atoms with Crippen LogP contribution in [0.3, 0.4) is 0 Å². The Morgan fingerprint density at radius 2 is 1.33 bits per heavy atom. The lowest BCUT2D eigenvalue weighted by Gasteiger charge is -2.39. The zero-order valence-corrected chi connectivity index (χ0v) is 34.8. The molecule has 2 saturated heterocycles. The molecule has 2 aliphatic rings. The fourth-order valence-electron chi connectivity index (χ4n) is 7.43. The minimum atomic E-state index is -3.28. The quantitative estimate of drug-likeness (QED) is 0.153. The van der Waals surface area contributed by atoms with E-state index in [-0.39, 0.29) is 30.4 Å². The smallest absolute Gasteiger partial charge is 0.247 e. The van der Waals surface area contributed by atoms with Crippen LogP contribution in [-0.2, 0) is 43.7 Å². The van der Waals surface area contributed by atoms with Gasteiger partial charge < -0.3 is 24.3 Å². The molecule has 0 N–H and O–H groups in total.